The number of nitrogens with one attached hydrogen (secondary N) is 1. The fourth-order valence-corrected chi connectivity index (χ4v) is 5.89. The number of rotatable bonds is 11. The normalized spacial score (nSPS) is 14.8. The van der Waals surface area contributed by atoms with Gasteiger partial charge in [-0.15, -0.1) is 0 Å². The molecule has 1 saturated carbocycles. The minimum absolute atomic E-state index is 0.0162. The van der Waals surface area contributed by atoms with Crippen LogP contribution in [0.2, 0.25) is 10.0 Å². The predicted molar refractivity (Wildman–Crippen MR) is 153 cm³/mol. The van der Waals surface area contributed by atoms with E-state index in [0.717, 1.165) is 42.7 Å². The minimum Gasteiger partial charge on any atom is -0.493 e. The summed E-state index contributed by atoms with van der Waals surface area (Å²) in [5.41, 5.74) is 0.788. The zero-order chi connectivity index (χ0) is 28.7. The first-order valence-electron chi connectivity index (χ1n) is 12.7. The summed E-state index contributed by atoms with van der Waals surface area (Å²) in [6.07, 6.45) is 6.00. The first kappa shape index (κ1) is 30.8. The Balaban J connectivity index is 1.93. The first-order valence-corrected chi connectivity index (χ1v) is 15.3. The lowest BCUT2D eigenvalue weighted by atomic mass is 9.95. The van der Waals surface area contributed by atoms with Gasteiger partial charge in [0.25, 0.3) is 0 Å². The van der Waals surface area contributed by atoms with Crippen molar-refractivity contribution in [1.82, 2.24) is 10.2 Å². The van der Waals surface area contributed by atoms with Crippen molar-refractivity contribution in [3.05, 3.63) is 52.0 Å². The number of hydrogen-bond acceptors (Lipinski definition) is 6. The zero-order valence-corrected chi connectivity index (χ0v) is 24.9. The molecule has 0 bridgehead atoms. The number of benzene rings is 2. The molecule has 1 aliphatic rings. The van der Waals surface area contributed by atoms with Gasteiger partial charge in [0, 0.05) is 28.7 Å². The predicted octanol–water partition coefficient (Wildman–Crippen LogP) is 4.64. The van der Waals surface area contributed by atoms with Gasteiger partial charge in [-0.1, -0.05) is 48.5 Å². The first-order chi connectivity index (χ1) is 18.4. The van der Waals surface area contributed by atoms with Crippen LogP contribution >= 0.6 is 23.2 Å². The number of methoxy groups -OCH3 is 2. The van der Waals surface area contributed by atoms with Crippen LogP contribution < -0.4 is 19.1 Å². The van der Waals surface area contributed by atoms with Crippen LogP contribution in [0.25, 0.3) is 0 Å². The molecule has 2 amide bonds. The summed E-state index contributed by atoms with van der Waals surface area (Å²) in [4.78, 5) is 28.4. The summed E-state index contributed by atoms with van der Waals surface area (Å²) in [6.45, 7) is 1.07. The maximum absolute atomic E-state index is 13.8. The number of carbonyl (C=O) groups is 2. The lowest BCUT2D eigenvalue weighted by Gasteiger charge is -2.33. The van der Waals surface area contributed by atoms with E-state index in [-0.39, 0.29) is 24.2 Å². The zero-order valence-electron chi connectivity index (χ0n) is 22.6. The van der Waals surface area contributed by atoms with Gasteiger partial charge in [-0.3, -0.25) is 13.9 Å². The maximum Gasteiger partial charge on any atom is 0.244 e. The third kappa shape index (κ3) is 8.16. The molecule has 214 valence electrons. The summed E-state index contributed by atoms with van der Waals surface area (Å²) in [5, 5.41) is 3.82. The third-order valence-corrected chi connectivity index (χ3v) is 8.54. The SMILES string of the molecule is COc1ccc(N(CC(=O)N(Cc2ccc(Cl)cc2Cl)[C@@H](C)C(=O)NC2CCCCC2)S(C)(=O)=O)cc1OC. The van der Waals surface area contributed by atoms with Crippen molar-refractivity contribution in [2.24, 2.45) is 0 Å². The van der Waals surface area contributed by atoms with Crippen LogP contribution in [0.4, 0.5) is 5.69 Å². The lowest BCUT2D eigenvalue weighted by molar-refractivity contribution is -0.139. The van der Waals surface area contributed by atoms with E-state index in [2.05, 4.69) is 5.32 Å². The minimum atomic E-state index is -3.90. The van der Waals surface area contributed by atoms with Gasteiger partial charge in [0.15, 0.2) is 11.5 Å². The van der Waals surface area contributed by atoms with Gasteiger partial charge in [0.05, 0.1) is 26.2 Å². The molecule has 39 heavy (non-hydrogen) atoms. The molecule has 0 unspecified atom stereocenters. The molecule has 0 heterocycles. The van der Waals surface area contributed by atoms with E-state index in [0.29, 0.717) is 27.1 Å². The highest BCUT2D eigenvalue weighted by Crippen LogP contribution is 2.32. The van der Waals surface area contributed by atoms with E-state index < -0.39 is 28.5 Å². The molecule has 2 aromatic carbocycles. The second kappa shape index (κ2) is 13.6. The van der Waals surface area contributed by atoms with Gasteiger partial charge < -0.3 is 19.7 Å². The van der Waals surface area contributed by atoms with E-state index in [4.69, 9.17) is 32.7 Å². The van der Waals surface area contributed by atoms with Crippen LogP contribution in [-0.2, 0) is 26.2 Å². The van der Waals surface area contributed by atoms with Crippen molar-refractivity contribution < 1.29 is 27.5 Å². The highest BCUT2D eigenvalue weighted by atomic mass is 35.5. The number of amides is 2. The summed E-state index contributed by atoms with van der Waals surface area (Å²) in [7, 11) is -1.00. The molecule has 0 aliphatic heterocycles. The third-order valence-electron chi connectivity index (χ3n) is 6.81. The van der Waals surface area contributed by atoms with Crippen molar-refractivity contribution in [3.63, 3.8) is 0 Å². The van der Waals surface area contributed by atoms with Crippen molar-refractivity contribution in [3.8, 4) is 11.5 Å². The molecule has 0 radical (unpaired) electrons. The smallest absolute Gasteiger partial charge is 0.244 e. The molecule has 1 N–H and O–H groups in total. The molecular weight excluding hydrogens is 565 g/mol. The Kier molecular flexibility index (Phi) is 10.7. The second-order valence-electron chi connectivity index (χ2n) is 9.59. The van der Waals surface area contributed by atoms with E-state index in [1.165, 1.54) is 31.3 Å². The topological polar surface area (TPSA) is 105 Å². The number of hydrogen-bond donors (Lipinski definition) is 1. The molecule has 0 saturated heterocycles. The van der Waals surface area contributed by atoms with Crippen molar-refractivity contribution >= 4 is 50.7 Å². The van der Waals surface area contributed by atoms with Gasteiger partial charge in [-0.2, -0.15) is 0 Å². The Morgan fingerprint density at radius 1 is 1.03 bits per heavy atom. The fourth-order valence-electron chi connectivity index (χ4n) is 4.58. The summed E-state index contributed by atoms with van der Waals surface area (Å²) in [6, 6.07) is 8.59. The Morgan fingerprint density at radius 3 is 2.28 bits per heavy atom. The molecular formula is C27H35Cl2N3O6S. The lowest BCUT2D eigenvalue weighted by Crippen LogP contribution is -2.53. The number of sulfonamides is 1. The molecule has 0 aromatic heterocycles. The van der Waals surface area contributed by atoms with Crippen molar-refractivity contribution in [2.45, 2.75) is 57.7 Å². The average Bonchev–Trinajstić information content (AvgIpc) is 2.90. The molecule has 0 spiro atoms. The Bertz CT molecular complexity index is 1280. The second-order valence-corrected chi connectivity index (χ2v) is 12.3. The molecule has 1 aliphatic carbocycles. The van der Waals surface area contributed by atoms with Gasteiger partial charge in [0.1, 0.15) is 12.6 Å². The van der Waals surface area contributed by atoms with Gasteiger partial charge in [-0.05, 0) is 49.6 Å². The Morgan fingerprint density at radius 2 is 1.69 bits per heavy atom. The van der Waals surface area contributed by atoms with Gasteiger partial charge >= 0.3 is 0 Å². The van der Waals surface area contributed by atoms with Gasteiger partial charge in [-0.25, -0.2) is 8.42 Å². The molecule has 2 aromatic rings. The summed E-state index contributed by atoms with van der Waals surface area (Å²) in [5.74, 6) is -0.168. The molecule has 9 nitrogen and oxygen atoms in total. The van der Waals surface area contributed by atoms with Crippen LogP contribution in [0.3, 0.4) is 0 Å². The van der Waals surface area contributed by atoms with Crippen LogP contribution in [0.15, 0.2) is 36.4 Å². The Labute approximate surface area is 240 Å². The summed E-state index contributed by atoms with van der Waals surface area (Å²) < 4.78 is 37.2. The number of carbonyl (C=O) groups excluding carboxylic acids is 2. The van der Waals surface area contributed by atoms with Crippen LogP contribution in [0, 0.1) is 0 Å². The molecule has 1 atom stereocenters. The largest absolute Gasteiger partial charge is 0.493 e. The van der Waals surface area contributed by atoms with Gasteiger partial charge in [0.2, 0.25) is 21.8 Å². The number of nitrogens with zero attached hydrogens (tertiary/aromatic N) is 2. The Hall–Kier alpha value is -2.69. The summed E-state index contributed by atoms with van der Waals surface area (Å²) >= 11 is 12.4. The molecule has 3 rings (SSSR count). The fraction of sp³-hybridized carbons (Fsp3) is 0.481. The number of anilines is 1. The van der Waals surface area contributed by atoms with E-state index in [9.17, 15) is 18.0 Å². The monoisotopic (exact) mass is 599 g/mol. The van der Waals surface area contributed by atoms with E-state index in [1.807, 2.05) is 0 Å². The highest BCUT2D eigenvalue weighted by Gasteiger charge is 2.32. The standard InChI is InChI=1S/C27H35Cl2N3O6S/c1-18(27(34)30-21-8-6-5-7-9-21)31(16-19-10-11-20(28)14-23(19)29)26(33)17-32(39(4,35)36)22-12-13-24(37-2)25(15-22)38-3/h10-15,18,21H,5-9,16-17H2,1-4H3,(H,30,34)/t18-/m0/s1. The molecule has 1 fully saturated rings. The quantitative estimate of drug-likeness (QED) is 0.403. The maximum atomic E-state index is 13.8. The van der Waals surface area contributed by atoms with E-state index >= 15 is 0 Å². The number of halogens is 2. The highest BCUT2D eigenvalue weighted by molar-refractivity contribution is 7.92. The van der Waals surface area contributed by atoms with Crippen LogP contribution in [0.5, 0.6) is 11.5 Å². The van der Waals surface area contributed by atoms with E-state index in [1.54, 1.807) is 31.2 Å². The van der Waals surface area contributed by atoms with Crippen LogP contribution in [-0.4, -0.2) is 64.2 Å². The van der Waals surface area contributed by atoms with Crippen molar-refractivity contribution in [1.29, 1.82) is 0 Å². The molecule has 12 heteroatoms. The van der Waals surface area contributed by atoms with Crippen LogP contribution in [0.1, 0.15) is 44.6 Å². The number of ether oxygens (including phenoxy) is 2. The average molecular weight is 601 g/mol. The van der Waals surface area contributed by atoms with Crippen molar-refractivity contribution in [2.75, 3.05) is 31.3 Å².